The van der Waals surface area contributed by atoms with E-state index in [1.807, 2.05) is 12.1 Å². The van der Waals surface area contributed by atoms with Crippen molar-refractivity contribution in [2.24, 2.45) is 0 Å². The molecule has 2 fully saturated rings. The lowest BCUT2D eigenvalue weighted by molar-refractivity contribution is -0.122. The highest BCUT2D eigenvalue weighted by molar-refractivity contribution is 5.74. The zero-order chi connectivity index (χ0) is 23.4. The molecule has 1 aliphatic heterocycles. The summed E-state index contributed by atoms with van der Waals surface area (Å²) in [5.74, 6) is 1.54. The van der Waals surface area contributed by atoms with E-state index in [1.54, 1.807) is 6.07 Å². The van der Waals surface area contributed by atoms with Crippen LogP contribution in [0.5, 0.6) is 5.75 Å². The molecule has 1 aromatic heterocycles. The lowest BCUT2D eigenvalue weighted by Gasteiger charge is -2.31. The van der Waals surface area contributed by atoms with E-state index < -0.39 is 6.61 Å². The van der Waals surface area contributed by atoms with Crippen LogP contribution in [-0.2, 0) is 17.6 Å². The van der Waals surface area contributed by atoms with E-state index in [2.05, 4.69) is 27.5 Å². The van der Waals surface area contributed by atoms with Crippen LogP contribution in [0.3, 0.4) is 0 Å². The Labute approximate surface area is 192 Å². The van der Waals surface area contributed by atoms with Crippen LogP contribution in [0.4, 0.5) is 14.6 Å². The van der Waals surface area contributed by atoms with E-state index in [0.29, 0.717) is 23.2 Å². The van der Waals surface area contributed by atoms with Crippen LogP contribution in [0.25, 0.3) is 11.3 Å². The number of nitrogens with one attached hydrogen (secondary N) is 1. The van der Waals surface area contributed by atoms with Crippen LogP contribution in [0, 0.1) is 0 Å². The number of halogens is 2. The number of hydrogen-bond donors (Lipinski definition) is 2. The van der Waals surface area contributed by atoms with E-state index in [-0.39, 0.29) is 12.2 Å². The average Bonchev–Trinajstić information content (AvgIpc) is 3.51. The maximum absolute atomic E-state index is 13.1. The molecule has 1 atom stereocenters. The van der Waals surface area contributed by atoms with Crippen molar-refractivity contribution in [3.8, 4) is 17.0 Å². The predicted octanol–water partition coefficient (Wildman–Crippen LogP) is 4.32. The first-order valence-corrected chi connectivity index (χ1v) is 11.5. The molecule has 2 heterocycles. The summed E-state index contributed by atoms with van der Waals surface area (Å²) >= 11 is 0. The van der Waals surface area contributed by atoms with E-state index in [0.717, 1.165) is 68.6 Å². The Kier molecular flexibility index (Phi) is 7.37. The van der Waals surface area contributed by atoms with Crippen molar-refractivity contribution in [1.29, 1.82) is 0 Å². The number of likely N-dealkylation sites (N-methyl/N-ethyl adjacent to an activating group) is 1. The Morgan fingerprint density at radius 1 is 1.18 bits per heavy atom. The van der Waals surface area contributed by atoms with Crippen LogP contribution in [0.2, 0.25) is 0 Å². The van der Waals surface area contributed by atoms with Gasteiger partial charge in [-0.25, -0.2) is 0 Å². The number of carboxylic acid groups (broad SMARTS) is 1. The largest absolute Gasteiger partial charge is 0.483 e. The third-order valence-electron chi connectivity index (χ3n) is 6.53. The standard InChI is InChI=1S/C23H28F2N4O.CH2O2/c1-29-11-3-4-16(13-29)26-22-18-6-2-5-17(18)21(27-28-22)19-10-9-15(14-7-8-14)12-20(19)30-23(24)25;2-1-3/h9-10,12,14,16,23H,2-8,11,13H2,1H3,(H,26,28);1H,(H,2,3)/t16-;/m1./s1. The molecule has 33 heavy (non-hydrogen) atoms. The van der Waals surface area contributed by atoms with Gasteiger partial charge < -0.3 is 20.1 Å². The van der Waals surface area contributed by atoms with Crippen molar-refractivity contribution in [2.75, 3.05) is 25.5 Å². The number of alkyl halides is 2. The zero-order valence-corrected chi connectivity index (χ0v) is 18.8. The molecule has 2 aromatic rings. The summed E-state index contributed by atoms with van der Waals surface area (Å²) in [6.45, 7) is -0.985. The molecule has 0 spiro atoms. The number of anilines is 1. The van der Waals surface area contributed by atoms with Gasteiger partial charge in [-0.05, 0) is 87.7 Å². The van der Waals surface area contributed by atoms with E-state index in [1.165, 1.54) is 12.0 Å². The number of ether oxygens (including phenoxy) is 1. The monoisotopic (exact) mass is 460 g/mol. The normalized spacial score (nSPS) is 20.1. The van der Waals surface area contributed by atoms with Gasteiger partial charge in [0, 0.05) is 23.7 Å². The first kappa shape index (κ1) is 23.4. The molecule has 3 aliphatic rings. The smallest absolute Gasteiger partial charge is 0.387 e. The van der Waals surface area contributed by atoms with Crippen molar-refractivity contribution in [1.82, 2.24) is 15.1 Å². The number of likely N-dealkylation sites (tertiary alicyclic amines) is 1. The fraction of sp³-hybridized carbons (Fsp3) is 0.542. The predicted molar refractivity (Wildman–Crippen MR) is 121 cm³/mol. The number of rotatable bonds is 6. The Morgan fingerprint density at radius 2 is 1.94 bits per heavy atom. The minimum absolute atomic E-state index is 0.215. The number of piperidine rings is 1. The van der Waals surface area contributed by atoms with Crippen molar-refractivity contribution < 1.29 is 23.4 Å². The second-order valence-corrected chi connectivity index (χ2v) is 8.97. The first-order valence-electron chi connectivity index (χ1n) is 11.5. The number of nitrogens with zero attached hydrogens (tertiary/aromatic N) is 3. The molecule has 0 bridgehead atoms. The molecule has 7 nitrogen and oxygen atoms in total. The van der Waals surface area contributed by atoms with Gasteiger partial charge in [-0.3, -0.25) is 4.79 Å². The van der Waals surface area contributed by atoms with E-state index in [9.17, 15) is 8.78 Å². The molecule has 5 rings (SSSR count). The molecule has 2 aliphatic carbocycles. The van der Waals surface area contributed by atoms with Crippen LogP contribution in [0.1, 0.15) is 54.7 Å². The highest BCUT2D eigenvalue weighted by Crippen LogP contribution is 2.44. The number of benzene rings is 1. The molecule has 2 N–H and O–H groups in total. The molecule has 1 saturated heterocycles. The fourth-order valence-corrected chi connectivity index (χ4v) is 4.90. The number of aromatic nitrogens is 2. The number of fused-ring (bicyclic) bond motifs is 1. The van der Waals surface area contributed by atoms with Gasteiger partial charge in [0.05, 0.1) is 0 Å². The number of hydrogen-bond acceptors (Lipinski definition) is 6. The molecule has 1 aromatic carbocycles. The molecule has 0 unspecified atom stereocenters. The van der Waals surface area contributed by atoms with Crippen LogP contribution >= 0.6 is 0 Å². The molecule has 9 heteroatoms. The Bertz CT molecular complexity index is 984. The first-order chi connectivity index (χ1) is 16.0. The molecule has 0 radical (unpaired) electrons. The van der Waals surface area contributed by atoms with Gasteiger partial charge in [-0.1, -0.05) is 6.07 Å². The summed E-state index contributed by atoms with van der Waals surface area (Å²) in [4.78, 5) is 10.7. The number of carbonyl (C=O) groups is 1. The molecule has 0 amide bonds. The quantitative estimate of drug-likeness (QED) is 0.621. The second-order valence-electron chi connectivity index (χ2n) is 8.97. The average molecular weight is 461 g/mol. The van der Waals surface area contributed by atoms with Gasteiger partial charge in [0.2, 0.25) is 0 Å². The third-order valence-corrected chi connectivity index (χ3v) is 6.53. The lowest BCUT2D eigenvalue weighted by atomic mass is 9.99. The minimum atomic E-state index is -2.86. The van der Waals surface area contributed by atoms with Gasteiger partial charge in [0.25, 0.3) is 6.47 Å². The van der Waals surface area contributed by atoms with Gasteiger partial charge in [0.15, 0.2) is 5.82 Å². The summed E-state index contributed by atoms with van der Waals surface area (Å²) in [6, 6.07) is 6.05. The Hall–Kier alpha value is -2.81. The van der Waals surface area contributed by atoms with E-state index in [4.69, 9.17) is 14.6 Å². The van der Waals surface area contributed by atoms with Crippen molar-refractivity contribution in [3.63, 3.8) is 0 Å². The van der Waals surface area contributed by atoms with Gasteiger partial charge in [0.1, 0.15) is 11.4 Å². The highest BCUT2D eigenvalue weighted by Gasteiger charge is 2.28. The minimum Gasteiger partial charge on any atom is -0.483 e. The van der Waals surface area contributed by atoms with Gasteiger partial charge in [-0.15, -0.1) is 10.2 Å². The fourth-order valence-electron chi connectivity index (χ4n) is 4.90. The Balaban J connectivity index is 0.000000821. The molecule has 1 saturated carbocycles. The highest BCUT2D eigenvalue weighted by atomic mass is 19.3. The van der Waals surface area contributed by atoms with Crippen molar-refractivity contribution in [2.45, 2.75) is 63.5 Å². The molecular weight excluding hydrogens is 430 g/mol. The summed E-state index contributed by atoms with van der Waals surface area (Å²) < 4.78 is 31.2. The Morgan fingerprint density at radius 3 is 2.64 bits per heavy atom. The zero-order valence-electron chi connectivity index (χ0n) is 18.8. The maximum Gasteiger partial charge on any atom is 0.387 e. The van der Waals surface area contributed by atoms with Gasteiger partial charge in [-0.2, -0.15) is 8.78 Å². The topological polar surface area (TPSA) is 87.6 Å². The lowest BCUT2D eigenvalue weighted by Crippen LogP contribution is -2.40. The molecular formula is C24H30F2N4O3. The van der Waals surface area contributed by atoms with Crippen LogP contribution in [0.15, 0.2) is 18.2 Å². The molecule has 178 valence electrons. The summed E-state index contributed by atoms with van der Waals surface area (Å²) in [5, 5.41) is 19.5. The third kappa shape index (κ3) is 5.58. The summed E-state index contributed by atoms with van der Waals surface area (Å²) in [5.41, 5.74) is 4.68. The van der Waals surface area contributed by atoms with Crippen molar-refractivity contribution in [3.05, 3.63) is 34.9 Å². The second kappa shape index (κ2) is 10.4. The van der Waals surface area contributed by atoms with E-state index >= 15 is 0 Å². The van der Waals surface area contributed by atoms with Gasteiger partial charge >= 0.3 is 6.61 Å². The SMILES string of the molecule is CN1CCC[C@@H](Nc2nnc(-c3ccc(C4CC4)cc3OC(F)F)c3c2CCC3)C1.O=CO. The van der Waals surface area contributed by atoms with Crippen LogP contribution < -0.4 is 10.1 Å². The summed E-state index contributed by atoms with van der Waals surface area (Å²) in [7, 11) is 2.14. The van der Waals surface area contributed by atoms with Crippen molar-refractivity contribution >= 4 is 12.3 Å². The summed E-state index contributed by atoms with van der Waals surface area (Å²) in [6.07, 6.45) is 7.37. The van der Waals surface area contributed by atoms with Crippen LogP contribution in [-0.4, -0.2) is 59.5 Å². The maximum atomic E-state index is 13.1.